The first-order valence-electron chi connectivity index (χ1n) is 7.21. The third kappa shape index (κ3) is 3.96. The Bertz CT molecular complexity index is 585. The van der Waals surface area contributed by atoms with Gasteiger partial charge in [0.25, 0.3) is 0 Å². The van der Waals surface area contributed by atoms with Gasteiger partial charge in [0.2, 0.25) is 5.91 Å². The molecule has 2 rings (SSSR count). The van der Waals surface area contributed by atoms with Crippen LogP contribution in [0.15, 0.2) is 31.4 Å². The van der Waals surface area contributed by atoms with E-state index in [0.717, 1.165) is 16.8 Å². The van der Waals surface area contributed by atoms with Crippen molar-refractivity contribution in [1.82, 2.24) is 5.43 Å². The molecular weight excluding hydrogens is 280 g/mol. The highest BCUT2D eigenvalue weighted by Gasteiger charge is 2.37. The van der Waals surface area contributed by atoms with Crippen molar-refractivity contribution in [2.75, 3.05) is 12.0 Å². The molecule has 0 aromatic heterocycles. The van der Waals surface area contributed by atoms with Crippen molar-refractivity contribution in [3.63, 3.8) is 0 Å². The van der Waals surface area contributed by atoms with E-state index in [-0.39, 0.29) is 18.4 Å². The second kappa shape index (κ2) is 6.77. The molecule has 1 aliphatic rings. The minimum atomic E-state index is -0.857. The largest absolute Gasteiger partial charge is 0.347 e. The summed E-state index contributed by atoms with van der Waals surface area (Å²) < 4.78 is 11.1. The van der Waals surface area contributed by atoms with E-state index in [1.165, 1.54) is 0 Å². The van der Waals surface area contributed by atoms with E-state index in [9.17, 15) is 4.79 Å². The fourth-order valence-corrected chi connectivity index (χ4v) is 2.37. The highest BCUT2D eigenvalue weighted by atomic mass is 16.7. The van der Waals surface area contributed by atoms with E-state index in [0.29, 0.717) is 6.61 Å². The monoisotopic (exact) mass is 302 g/mol. The SMILES string of the molecule is C=Cc1ccc(NNC(=O)CC2(C)OCC(C)O2)cc1C=C. The fourth-order valence-electron chi connectivity index (χ4n) is 2.37. The van der Waals surface area contributed by atoms with E-state index >= 15 is 0 Å². The molecule has 1 aliphatic heterocycles. The maximum absolute atomic E-state index is 12.0. The van der Waals surface area contributed by atoms with Crippen molar-refractivity contribution >= 4 is 23.7 Å². The number of carbonyl (C=O) groups excluding carboxylic acids is 1. The van der Waals surface area contributed by atoms with Crippen molar-refractivity contribution in [2.24, 2.45) is 0 Å². The zero-order valence-corrected chi connectivity index (χ0v) is 13.0. The number of ether oxygens (including phenoxy) is 2. The number of hydrazine groups is 1. The number of carbonyl (C=O) groups is 1. The molecule has 1 amide bonds. The van der Waals surface area contributed by atoms with E-state index in [2.05, 4.69) is 24.0 Å². The smallest absolute Gasteiger partial charge is 0.243 e. The predicted molar refractivity (Wildman–Crippen MR) is 87.9 cm³/mol. The molecule has 22 heavy (non-hydrogen) atoms. The Balaban J connectivity index is 1.91. The standard InChI is InChI=1S/C17H22N2O3/c1-5-13-7-8-15(9-14(13)6-2)18-19-16(20)10-17(4)21-11-12(3)22-17/h5-9,12,18H,1-2,10-11H2,3-4H3,(H,19,20). The van der Waals surface area contributed by atoms with Crippen molar-refractivity contribution in [1.29, 1.82) is 0 Å². The van der Waals surface area contributed by atoms with Crippen molar-refractivity contribution in [3.05, 3.63) is 42.5 Å². The van der Waals surface area contributed by atoms with Gasteiger partial charge in [-0.05, 0) is 37.1 Å². The third-order valence-corrected chi connectivity index (χ3v) is 3.43. The minimum Gasteiger partial charge on any atom is -0.347 e. The first-order valence-corrected chi connectivity index (χ1v) is 7.21. The summed E-state index contributed by atoms with van der Waals surface area (Å²) in [5.41, 5.74) is 8.22. The van der Waals surface area contributed by atoms with Gasteiger partial charge in [0, 0.05) is 0 Å². The molecule has 0 radical (unpaired) electrons. The highest BCUT2D eigenvalue weighted by molar-refractivity contribution is 5.78. The summed E-state index contributed by atoms with van der Waals surface area (Å²) in [6.07, 6.45) is 3.64. The molecule has 0 spiro atoms. The molecule has 1 aromatic rings. The Labute approximate surface area is 131 Å². The van der Waals surface area contributed by atoms with Gasteiger partial charge in [-0.15, -0.1) is 0 Å². The molecule has 0 aliphatic carbocycles. The normalized spacial score (nSPS) is 23.8. The quantitative estimate of drug-likeness (QED) is 0.793. The summed E-state index contributed by atoms with van der Waals surface area (Å²) in [6.45, 7) is 11.7. The fraction of sp³-hybridized carbons (Fsp3) is 0.353. The van der Waals surface area contributed by atoms with E-state index in [1.807, 2.05) is 25.1 Å². The lowest BCUT2D eigenvalue weighted by atomic mass is 10.1. The van der Waals surface area contributed by atoms with Gasteiger partial charge in [0.15, 0.2) is 5.79 Å². The molecular formula is C17H22N2O3. The number of nitrogens with one attached hydrogen (secondary N) is 2. The van der Waals surface area contributed by atoms with Gasteiger partial charge in [0.05, 0.1) is 24.8 Å². The number of hydrogen-bond donors (Lipinski definition) is 2. The molecule has 1 aromatic carbocycles. The molecule has 2 N–H and O–H groups in total. The minimum absolute atomic E-state index is 0.00681. The molecule has 0 bridgehead atoms. The molecule has 118 valence electrons. The number of anilines is 1. The van der Waals surface area contributed by atoms with Gasteiger partial charge in [-0.2, -0.15) is 0 Å². The maximum Gasteiger partial charge on any atom is 0.243 e. The van der Waals surface area contributed by atoms with Crippen molar-refractivity contribution < 1.29 is 14.3 Å². The molecule has 5 heteroatoms. The Hall–Kier alpha value is -2.11. The third-order valence-electron chi connectivity index (χ3n) is 3.43. The summed E-state index contributed by atoms with van der Waals surface area (Å²) in [6, 6.07) is 5.65. The van der Waals surface area contributed by atoms with Crippen LogP contribution < -0.4 is 10.9 Å². The van der Waals surface area contributed by atoms with Crippen molar-refractivity contribution in [2.45, 2.75) is 32.2 Å². The maximum atomic E-state index is 12.0. The molecule has 2 atom stereocenters. The highest BCUT2D eigenvalue weighted by Crippen LogP contribution is 2.26. The Morgan fingerprint density at radius 2 is 2.14 bits per heavy atom. The number of amides is 1. The van der Waals surface area contributed by atoms with Gasteiger partial charge in [-0.1, -0.05) is 31.4 Å². The van der Waals surface area contributed by atoms with Crippen LogP contribution in [0, 0.1) is 0 Å². The molecule has 2 unspecified atom stereocenters. The zero-order valence-electron chi connectivity index (χ0n) is 13.0. The molecule has 1 heterocycles. The van der Waals surface area contributed by atoms with Crippen LogP contribution in [0.1, 0.15) is 31.4 Å². The van der Waals surface area contributed by atoms with E-state index in [4.69, 9.17) is 9.47 Å². The second-order valence-corrected chi connectivity index (χ2v) is 5.48. The summed E-state index contributed by atoms with van der Waals surface area (Å²) in [5, 5.41) is 0. The summed E-state index contributed by atoms with van der Waals surface area (Å²) in [4.78, 5) is 12.0. The van der Waals surface area contributed by atoms with E-state index in [1.54, 1.807) is 19.1 Å². The first kappa shape index (κ1) is 16.3. The number of benzene rings is 1. The van der Waals surface area contributed by atoms with Gasteiger partial charge in [-0.25, -0.2) is 0 Å². The summed E-state index contributed by atoms with van der Waals surface area (Å²) in [7, 11) is 0. The van der Waals surface area contributed by atoms with Crippen LogP contribution in [0.2, 0.25) is 0 Å². The van der Waals surface area contributed by atoms with Gasteiger partial charge < -0.3 is 9.47 Å². The Kier molecular flexibility index (Phi) is 5.00. The average molecular weight is 302 g/mol. The molecule has 1 saturated heterocycles. The predicted octanol–water partition coefficient (Wildman–Crippen LogP) is 2.96. The lowest BCUT2D eigenvalue weighted by Crippen LogP contribution is -2.38. The van der Waals surface area contributed by atoms with Crippen LogP contribution in [-0.2, 0) is 14.3 Å². The first-order chi connectivity index (χ1) is 10.5. The summed E-state index contributed by atoms with van der Waals surface area (Å²) >= 11 is 0. The number of hydrogen-bond acceptors (Lipinski definition) is 4. The average Bonchev–Trinajstić information content (AvgIpc) is 2.83. The van der Waals surface area contributed by atoms with Crippen LogP contribution >= 0.6 is 0 Å². The van der Waals surface area contributed by atoms with Crippen LogP contribution in [0.4, 0.5) is 5.69 Å². The number of rotatable bonds is 6. The van der Waals surface area contributed by atoms with Crippen LogP contribution in [0.3, 0.4) is 0 Å². The lowest BCUT2D eigenvalue weighted by Gasteiger charge is -2.22. The Morgan fingerprint density at radius 3 is 2.73 bits per heavy atom. The van der Waals surface area contributed by atoms with Gasteiger partial charge >= 0.3 is 0 Å². The van der Waals surface area contributed by atoms with Crippen LogP contribution in [-0.4, -0.2) is 24.4 Å². The Morgan fingerprint density at radius 1 is 1.41 bits per heavy atom. The zero-order chi connectivity index (χ0) is 16.2. The molecule has 1 fully saturated rings. The lowest BCUT2D eigenvalue weighted by molar-refractivity contribution is -0.165. The topological polar surface area (TPSA) is 59.6 Å². The molecule has 0 saturated carbocycles. The van der Waals surface area contributed by atoms with Crippen LogP contribution in [0.25, 0.3) is 12.2 Å². The van der Waals surface area contributed by atoms with E-state index < -0.39 is 5.79 Å². The summed E-state index contributed by atoms with van der Waals surface area (Å²) in [5.74, 6) is -1.06. The second-order valence-electron chi connectivity index (χ2n) is 5.48. The van der Waals surface area contributed by atoms with Crippen molar-refractivity contribution in [3.8, 4) is 0 Å². The molecule has 5 nitrogen and oxygen atoms in total. The van der Waals surface area contributed by atoms with Crippen LogP contribution in [0.5, 0.6) is 0 Å². The van der Waals surface area contributed by atoms with Gasteiger partial charge in [0.1, 0.15) is 0 Å². The van der Waals surface area contributed by atoms with Gasteiger partial charge in [-0.3, -0.25) is 15.6 Å².